The van der Waals surface area contributed by atoms with Crippen LogP contribution in [0.25, 0.3) is 0 Å². The minimum atomic E-state index is -1.33. The molecule has 0 aromatic heterocycles. The Morgan fingerprint density at radius 1 is 1.25 bits per heavy atom. The second-order valence-corrected chi connectivity index (χ2v) is 1.32. The summed E-state index contributed by atoms with van der Waals surface area (Å²) in [5, 5.41) is 16.4. The zero-order valence-corrected chi connectivity index (χ0v) is 4.78. The van der Waals surface area contributed by atoms with Gasteiger partial charge in [-0.3, -0.25) is 0 Å². The van der Waals surface area contributed by atoms with E-state index in [2.05, 4.69) is 0 Å². The lowest BCUT2D eigenvalue weighted by Crippen LogP contribution is -2.04. The van der Waals surface area contributed by atoms with Crippen molar-refractivity contribution in [2.75, 3.05) is 0 Å². The van der Waals surface area contributed by atoms with Gasteiger partial charge in [0.05, 0.1) is 0 Å². The van der Waals surface area contributed by atoms with Crippen molar-refractivity contribution >= 4 is 7.12 Å². The Morgan fingerprint density at radius 2 is 1.88 bits per heavy atom. The summed E-state index contributed by atoms with van der Waals surface area (Å²) in [5.41, 5.74) is 0. The van der Waals surface area contributed by atoms with Crippen LogP contribution < -0.4 is 0 Å². The number of rotatable bonds is 2. The zero-order valence-electron chi connectivity index (χ0n) is 4.78. The summed E-state index contributed by atoms with van der Waals surface area (Å²) < 4.78 is 0. The van der Waals surface area contributed by atoms with Gasteiger partial charge in [-0.2, -0.15) is 0 Å². The van der Waals surface area contributed by atoms with Gasteiger partial charge in [0.15, 0.2) is 0 Å². The second-order valence-electron chi connectivity index (χ2n) is 1.32. The van der Waals surface area contributed by atoms with E-state index in [9.17, 15) is 0 Å². The van der Waals surface area contributed by atoms with Crippen LogP contribution in [0.3, 0.4) is 0 Å². The van der Waals surface area contributed by atoms with Crippen LogP contribution in [-0.4, -0.2) is 17.2 Å². The first kappa shape index (κ1) is 7.46. The smallest absolute Gasteiger partial charge is 0.424 e. The molecular weight excluding hydrogens is 103 g/mol. The third-order valence-electron chi connectivity index (χ3n) is 0.587. The zero-order chi connectivity index (χ0) is 6.41. The maximum absolute atomic E-state index is 8.21. The highest BCUT2D eigenvalue weighted by molar-refractivity contribution is 6.47. The topological polar surface area (TPSA) is 40.5 Å². The standard InChI is InChI=1S/C5H9BO2/c1-2-3-4-5-6(7)8/h2-5,7-8H,1H3/b3-2+,5-4+. The molecule has 8 heavy (non-hydrogen) atoms. The molecule has 0 bridgehead atoms. The molecule has 0 rings (SSSR count). The summed E-state index contributed by atoms with van der Waals surface area (Å²) in [5.74, 6) is 1.28. The van der Waals surface area contributed by atoms with E-state index in [-0.39, 0.29) is 0 Å². The third kappa shape index (κ3) is 5.46. The quantitative estimate of drug-likeness (QED) is 0.393. The van der Waals surface area contributed by atoms with Gasteiger partial charge in [0, 0.05) is 0 Å². The summed E-state index contributed by atoms with van der Waals surface area (Å²) in [6, 6.07) is 0. The van der Waals surface area contributed by atoms with Gasteiger partial charge in [0.1, 0.15) is 0 Å². The predicted octanol–water partition coefficient (Wildman–Crippen LogP) is 0.131. The molecule has 0 amide bonds. The Morgan fingerprint density at radius 3 is 2.25 bits per heavy atom. The maximum atomic E-state index is 8.21. The van der Waals surface area contributed by atoms with Crippen molar-refractivity contribution in [3.05, 3.63) is 24.2 Å². The van der Waals surface area contributed by atoms with Gasteiger partial charge in [-0.1, -0.05) is 24.2 Å². The Bertz CT molecular complexity index is 96.6. The molecule has 0 aromatic rings. The predicted molar refractivity (Wildman–Crippen MR) is 34.1 cm³/mol. The van der Waals surface area contributed by atoms with Crippen molar-refractivity contribution in [3.63, 3.8) is 0 Å². The third-order valence-corrected chi connectivity index (χ3v) is 0.587. The SMILES string of the molecule is C/C=C/C=C/B(O)O. The summed E-state index contributed by atoms with van der Waals surface area (Å²) in [7, 11) is -1.33. The van der Waals surface area contributed by atoms with Crippen LogP contribution in [0.5, 0.6) is 0 Å². The number of hydrogen-bond donors (Lipinski definition) is 2. The molecule has 2 nitrogen and oxygen atoms in total. The van der Waals surface area contributed by atoms with Crippen LogP contribution in [0.1, 0.15) is 6.92 Å². The molecule has 0 atom stereocenters. The first-order valence-electron chi connectivity index (χ1n) is 2.43. The lowest BCUT2D eigenvalue weighted by molar-refractivity contribution is 0.424. The maximum Gasteiger partial charge on any atom is 0.480 e. The van der Waals surface area contributed by atoms with Gasteiger partial charge in [-0.25, -0.2) is 0 Å². The van der Waals surface area contributed by atoms with Crippen LogP contribution in [0.4, 0.5) is 0 Å². The van der Waals surface area contributed by atoms with E-state index in [1.807, 2.05) is 6.92 Å². The molecular formula is C5H9BO2. The van der Waals surface area contributed by atoms with Gasteiger partial charge in [-0.05, 0) is 6.92 Å². The Kier molecular flexibility index (Phi) is 4.31. The van der Waals surface area contributed by atoms with Crippen LogP contribution >= 0.6 is 0 Å². The van der Waals surface area contributed by atoms with E-state index in [4.69, 9.17) is 10.0 Å². The Balaban J connectivity index is 3.34. The van der Waals surface area contributed by atoms with E-state index in [1.165, 1.54) is 5.98 Å². The molecule has 0 saturated heterocycles. The average Bonchev–Trinajstić information content (AvgIpc) is 1.66. The van der Waals surface area contributed by atoms with Crippen molar-refractivity contribution in [2.24, 2.45) is 0 Å². The normalized spacial score (nSPS) is 11.4. The lowest BCUT2D eigenvalue weighted by Gasteiger charge is -1.80. The highest BCUT2D eigenvalue weighted by Gasteiger charge is 1.94. The number of hydrogen-bond acceptors (Lipinski definition) is 2. The first-order chi connectivity index (χ1) is 3.77. The summed E-state index contributed by atoms with van der Waals surface area (Å²) in [6.45, 7) is 1.86. The summed E-state index contributed by atoms with van der Waals surface area (Å²) in [4.78, 5) is 0. The van der Waals surface area contributed by atoms with Gasteiger partial charge < -0.3 is 10.0 Å². The molecule has 44 valence electrons. The number of allylic oxidation sites excluding steroid dienone is 3. The molecule has 0 saturated carbocycles. The van der Waals surface area contributed by atoms with Crippen molar-refractivity contribution in [3.8, 4) is 0 Å². The van der Waals surface area contributed by atoms with Crippen molar-refractivity contribution in [1.82, 2.24) is 0 Å². The molecule has 0 fully saturated rings. The minimum Gasteiger partial charge on any atom is -0.424 e. The molecule has 0 aliphatic heterocycles. The van der Waals surface area contributed by atoms with Crippen LogP contribution in [0, 0.1) is 0 Å². The van der Waals surface area contributed by atoms with Crippen LogP contribution in [0.2, 0.25) is 0 Å². The molecule has 0 unspecified atom stereocenters. The second kappa shape index (κ2) is 4.62. The van der Waals surface area contributed by atoms with Gasteiger partial charge in [0.2, 0.25) is 0 Å². The first-order valence-corrected chi connectivity index (χ1v) is 2.43. The highest BCUT2D eigenvalue weighted by atomic mass is 16.4. The summed E-state index contributed by atoms with van der Waals surface area (Å²) >= 11 is 0. The van der Waals surface area contributed by atoms with Crippen molar-refractivity contribution in [1.29, 1.82) is 0 Å². The van der Waals surface area contributed by atoms with Crippen molar-refractivity contribution < 1.29 is 10.0 Å². The Labute approximate surface area is 49.3 Å². The van der Waals surface area contributed by atoms with Gasteiger partial charge in [-0.15, -0.1) is 0 Å². The fourth-order valence-corrected chi connectivity index (χ4v) is 0.275. The van der Waals surface area contributed by atoms with Gasteiger partial charge in [0.25, 0.3) is 0 Å². The fourth-order valence-electron chi connectivity index (χ4n) is 0.275. The average molecular weight is 112 g/mol. The Hall–Kier alpha value is -0.535. The van der Waals surface area contributed by atoms with E-state index in [0.29, 0.717) is 0 Å². The largest absolute Gasteiger partial charge is 0.480 e. The van der Waals surface area contributed by atoms with E-state index >= 15 is 0 Å². The van der Waals surface area contributed by atoms with E-state index < -0.39 is 7.12 Å². The van der Waals surface area contributed by atoms with E-state index in [1.54, 1.807) is 18.2 Å². The minimum absolute atomic E-state index is 1.28. The molecule has 0 heterocycles. The molecule has 0 aliphatic carbocycles. The molecule has 0 radical (unpaired) electrons. The van der Waals surface area contributed by atoms with Gasteiger partial charge >= 0.3 is 7.12 Å². The lowest BCUT2D eigenvalue weighted by atomic mass is 9.92. The van der Waals surface area contributed by atoms with Crippen LogP contribution in [0.15, 0.2) is 24.2 Å². The fraction of sp³-hybridized carbons (Fsp3) is 0.200. The molecule has 0 aliphatic rings. The van der Waals surface area contributed by atoms with Crippen molar-refractivity contribution in [2.45, 2.75) is 6.92 Å². The van der Waals surface area contributed by atoms with Crippen LogP contribution in [-0.2, 0) is 0 Å². The summed E-state index contributed by atoms with van der Waals surface area (Å²) in [6.07, 6.45) is 5.10. The highest BCUT2D eigenvalue weighted by Crippen LogP contribution is 1.76. The molecule has 3 heteroatoms. The molecule has 2 N–H and O–H groups in total. The molecule has 0 aromatic carbocycles. The monoisotopic (exact) mass is 112 g/mol. The van der Waals surface area contributed by atoms with E-state index in [0.717, 1.165) is 0 Å². The molecule has 0 spiro atoms.